The number of carbonyl (C=O) groups is 1. The van der Waals surface area contributed by atoms with E-state index >= 15 is 0 Å². The molecule has 0 atom stereocenters. The van der Waals surface area contributed by atoms with E-state index < -0.39 is 6.09 Å². The molecule has 0 saturated heterocycles. The molecule has 3 N–H and O–H groups in total. The van der Waals surface area contributed by atoms with Crippen LogP contribution in [0.15, 0.2) is 36.4 Å². The smallest absolute Gasteiger partial charge is 0.409 e. The summed E-state index contributed by atoms with van der Waals surface area (Å²) < 4.78 is 16.4. The Morgan fingerprint density at radius 1 is 1.20 bits per heavy atom. The van der Waals surface area contributed by atoms with Crippen LogP contribution in [0.4, 0.5) is 16.2 Å². The molecule has 25 heavy (non-hydrogen) atoms. The molecule has 1 aliphatic heterocycles. The molecule has 132 valence electrons. The van der Waals surface area contributed by atoms with Crippen molar-refractivity contribution in [3.8, 4) is 17.2 Å². The Hall–Kier alpha value is -3.09. The Morgan fingerprint density at radius 3 is 2.76 bits per heavy atom. The third-order valence-electron chi connectivity index (χ3n) is 3.52. The Balaban J connectivity index is 1.72. The molecule has 3 rings (SSSR count). The maximum absolute atomic E-state index is 10.9. The molecule has 1 aliphatic rings. The first-order valence-corrected chi connectivity index (χ1v) is 7.94. The van der Waals surface area contributed by atoms with Crippen molar-refractivity contribution in [2.24, 2.45) is 0 Å². The second kappa shape index (κ2) is 7.21. The molecule has 0 radical (unpaired) electrons. The normalized spacial score (nSPS) is 12.1. The second-order valence-electron chi connectivity index (χ2n) is 5.85. The highest BCUT2D eigenvalue weighted by Crippen LogP contribution is 2.33. The van der Waals surface area contributed by atoms with E-state index in [9.17, 15) is 4.79 Å². The number of hydrogen-bond donors (Lipinski definition) is 3. The van der Waals surface area contributed by atoms with Crippen LogP contribution in [0.5, 0.6) is 17.2 Å². The summed E-state index contributed by atoms with van der Waals surface area (Å²) in [6.07, 6.45) is -1.20. The van der Waals surface area contributed by atoms with Crippen LogP contribution in [0.2, 0.25) is 0 Å². The monoisotopic (exact) mass is 344 g/mol. The van der Waals surface area contributed by atoms with Crippen LogP contribution in [0.1, 0.15) is 19.4 Å². The third kappa shape index (κ3) is 4.26. The summed E-state index contributed by atoms with van der Waals surface area (Å²) in [6, 6.07) is 11.0. The lowest BCUT2D eigenvalue weighted by molar-refractivity contribution is 0.174. The summed E-state index contributed by atoms with van der Waals surface area (Å²) >= 11 is 0. The molecule has 2 aromatic rings. The molecule has 1 amide bonds. The fourth-order valence-electron chi connectivity index (χ4n) is 2.46. The van der Waals surface area contributed by atoms with Crippen LogP contribution in [-0.2, 0) is 6.54 Å². The molecule has 0 saturated carbocycles. The van der Waals surface area contributed by atoms with E-state index in [2.05, 4.69) is 10.6 Å². The van der Waals surface area contributed by atoms with Crippen LogP contribution in [0, 0.1) is 0 Å². The largest absolute Gasteiger partial charge is 0.489 e. The average molecular weight is 344 g/mol. The van der Waals surface area contributed by atoms with Crippen molar-refractivity contribution in [1.29, 1.82) is 0 Å². The first kappa shape index (κ1) is 16.8. The Bertz CT molecular complexity index is 776. The molecular formula is C18H20N2O5. The topological polar surface area (TPSA) is 89.0 Å². The lowest BCUT2D eigenvalue weighted by atomic mass is 10.2. The van der Waals surface area contributed by atoms with Gasteiger partial charge in [0.1, 0.15) is 5.75 Å². The Labute approximate surface area is 145 Å². The van der Waals surface area contributed by atoms with Crippen molar-refractivity contribution in [3.05, 3.63) is 42.0 Å². The van der Waals surface area contributed by atoms with Gasteiger partial charge in [0, 0.05) is 18.3 Å². The molecule has 0 spiro atoms. The van der Waals surface area contributed by atoms with Gasteiger partial charge < -0.3 is 24.6 Å². The minimum Gasteiger partial charge on any atom is -0.489 e. The van der Waals surface area contributed by atoms with E-state index in [1.54, 1.807) is 18.2 Å². The molecule has 0 bridgehead atoms. The Morgan fingerprint density at radius 2 is 2.00 bits per heavy atom. The highest BCUT2D eigenvalue weighted by molar-refractivity contribution is 5.85. The molecular weight excluding hydrogens is 324 g/mol. The average Bonchev–Trinajstić information content (AvgIpc) is 3.01. The van der Waals surface area contributed by atoms with Crippen LogP contribution >= 0.6 is 0 Å². The van der Waals surface area contributed by atoms with E-state index in [1.165, 1.54) is 0 Å². The van der Waals surface area contributed by atoms with Crippen molar-refractivity contribution < 1.29 is 24.1 Å². The van der Waals surface area contributed by atoms with Crippen molar-refractivity contribution >= 4 is 17.5 Å². The van der Waals surface area contributed by atoms with Gasteiger partial charge in [-0.3, -0.25) is 5.32 Å². The van der Waals surface area contributed by atoms with Gasteiger partial charge in [0.15, 0.2) is 11.5 Å². The quantitative estimate of drug-likeness (QED) is 0.736. The van der Waals surface area contributed by atoms with E-state index in [0.717, 1.165) is 22.7 Å². The number of rotatable bonds is 6. The summed E-state index contributed by atoms with van der Waals surface area (Å²) in [4.78, 5) is 10.9. The van der Waals surface area contributed by atoms with Gasteiger partial charge in [0.25, 0.3) is 0 Å². The van der Waals surface area contributed by atoms with Crippen molar-refractivity contribution in [2.45, 2.75) is 26.5 Å². The number of hydrogen-bond acceptors (Lipinski definition) is 5. The molecule has 0 aromatic heterocycles. The maximum atomic E-state index is 10.9. The SMILES string of the molecule is CC(C)Oc1cc(NCc2ccc3c(c2)OCO3)ccc1NC(=O)O. The number of fused-ring (bicyclic) bond motifs is 1. The highest BCUT2D eigenvalue weighted by atomic mass is 16.7. The fourth-order valence-corrected chi connectivity index (χ4v) is 2.46. The van der Waals surface area contributed by atoms with Crippen molar-refractivity contribution in [3.63, 3.8) is 0 Å². The van der Waals surface area contributed by atoms with Gasteiger partial charge in [-0.1, -0.05) is 6.07 Å². The standard InChI is InChI=1S/C18H20N2O5/c1-11(2)25-16-8-13(4-5-14(16)20-18(21)22)19-9-12-3-6-15-17(7-12)24-10-23-15/h3-8,11,19-20H,9-10H2,1-2H3,(H,21,22). The molecule has 1 heterocycles. The van der Waals surface area contributed by atoms with Crippen LogP contribution in [0.25, 0.3) is 0 Å². The van der Waals surface area contributed by atoms with Crippen LogP contribution in [0.3, 0.4) is 0 Å². The number of nitrogens with one attached hydrogen (secondary N) is 2. The zero-order valence-corrected chi connectivity index (χ0v) is 14.0. The number of amides is 1. The van der Waals surface area contributed by atoms with E-state index in [-0.39, 0.29) is 12.9 Å². The third-order valence-corrected chi connectivity index (χ3v) is 3.52. The summed E-state index contributed by atoms with van der Waals surface area (Å²) in [5.74, 6) is 1.97. The molecule has 2 aromatic carbocycles. The number of anilines is 2. The molecule has 7 nitrogen and oxygen atoms in total. The van der Waals surface area contributed by atoms with Gasteiger partial charge in [-0.2, -0.15) is 0 Å². The van der Waals surface area contributed by atoms with Gasteiger partial charge in [-0.25, -0.2) is 4.79 Å². The summed E-state index contributed by atoms with van der Waals surface area (Å²) in [7, 11) is 0. The van der Waals surface area contributed by atoms with E-state index in [4.69, 9.17) is 19.3 Å². The maximum Gasteiger partial charge on any atom is 0.409 e. The number of carboxylic acid groups (broad SMARTS) is 1. The predicted molar refractivity (Wildman–Crippen MR) is 93.7 cm³/mol. The molecule has 0 fully saturated rings. The minimum absolute atomic E-state index is 0.0709. The lowest BCUT2D eigenvalue weighted by Crippen LogP contribution is -2.12. The van der Waals surface area contributed by atoms with Gasteiger partial charge in [-0.15, -0.1) is 0 Å². The summed E-state index contributed by atoms with van der Waals surface area (Å²) in [5.41, 5.74) is 2.28. The highest BCUT2D eigenvalue weighted by Gasteiger charge is 2.13. The van der Waals surface area contributed by atoms with Crippen LogP contribution < -0.4 is 24.8 Å². The Kier molecular flexibility index (Phi) is 4.83. The fraction of sp³-hybridized carbons (Fsp3) is 0.278. The number of benzene rings is 2. The second-order valence-corrected chi connectivity index (χ2v) is 5.85. The predicted octanol–water partition coefficient (Wildman–Crippen LogP) is 3.90. The molecule has 7 heteroatoms. The summed E-state index contributed by atoms with van der Waals surface area (Å²) in [6.45, 7) is 4.61. The van der Waals surface area contributed by atoms with E-state index in [1.807, 2.05) is 32.0 Å². The van der Waals surface area contributed by atoms with Gasteiger partial charge in [0.05, 0.1) is 11.8 Å². The molecule has 0 unspecified atom stereocenters. The minimum atomic E-state index is -1.13. The van der Waals surface area contributed by atoms with Crippen molar-refractivity contribution in [2.75, 3.05) is 17.4 Å². The first-order valence-electron chi connectivity index (χ1n) is 7.94. The van der Waals surface area contributed by atoms with Gasteiger partial charge >= 0.3 is 6.09 Å². The van der Waals surface area contributed by atoms with Gasteiger partial charge in [-0.05, 0) is 43.7 Å². The van der Waals surface area contributed by atoms with Crippen molar-refractivity contribution in [1.82, 2.24) is 0 Å². The summed E-state index contributed by atoms with van der Waals surface area (Å²) in [5, 5.41) is 14.6. The zero-order valence-electron chi connectivity index (χ0n) is 14.0. The van der Waals surface area contributed by atoms with E-state index in [0.29, 0.717) is 18.0 Å². The number of ether oxygens (including phenoxy) is 3. The van der Waals surface area contributed by atoms with Crippen LogP contribution in [-0.4, -0.2) is 24.1 Å². The zero-order chi connectivity index (χ0) is 17.8. The first-order chi connectivity index (χ1) is 12.0. The molecule has 0 aliphatic carbocycles. The van der Waals surface area contributed by atoms with Gasteiger partial charge in [0.2, 0.25) is 6.79 Å². The lowest BCUT2D eigenvalue weighted by Gasteiger charge is -2.16.